The molecule has 0 unspecified atom stereocenters. The van der Waals surface area contributed by atoms with Crippen LogP contribution in [0.5, 0.6) is 0 Å². The number of hydrogen-bond donors (Lipinski definition) is 1. The molecule has 6 heteroatoms. The maximum absolute atomic E-state index is 10.9. The molecule has 0 radical (unpaired) electrons. The minimum atomic E-state index is -1.21. The summed E-state index contributed by atoms with van der Waals surface area (Å²) in [7, 11) is 0. The number of anilines is 1. The van der Waals surface area contributed by atoms with Crippen molar-refractivity contribution in [1.29, 1.82) is 5.26 Å². The van der Waals surface area contributed by atoms with Crippen LogP contribution in [-0.2, 0) is 9.53 Å². The summed E-state index contributed by atoms with van der Waals surface area (Å²) in [4.78, 5) is 15.0. The molecule has 2 heterocycles. The van der Waals surface area contributed by atoms with E-state index in [0.29, 0.717) is 0 Å². The normalized spacial score (nSPS) is 15.1. The molecule has 1 aliphatic rings. The molecule has 1 aromatic carbocycles. The van der Waals surface area contributed by atoms with Gasteiger partial charge in [-0.15, -0.1) is 11.3 Å². The smallest absolute Gasteiger partial charge is 0.346 e. The van der Waals surface area contributed by atoms with Gasteiger partial charge in [0.15, 0.2) is 0 Å². The summed E-state index contributed by atoms with van der Waals surface area (Å²) in [5.74, 6) is -1.21. The second-order valence-corrected chi connectivity index (χ2v) is 6.44. The molecule has 0 bridgehead atoms. The lowest BCUT2D eigenvalue weighted by atomic mass is 10.1. The minimum absolute atomic E-state index is 0.258. The number of morpholine rings is 1. The van der Waals surface area contributed by atoms with Crippen LogP contribution >= 0.6 is 11.3 Å². The molecule has 2 aromatic rings. The number of aliphatic carboxylic acids is 1. The Labute approximate surface area is 144 Å². The van der Waals surface area contributed by atoms with Crippen LogP contribution in [0.15, 0.2) is 42.0 Å². The lowest BCUT2D eigenvalue weighted by molar-refractivity contribution is -0.132. The van der Waals surface area contributed by atoms with Gasteiger partial charge in [0.05, 0.1) is 13.2 Å². The van der Waals surface area contributed by atoms with Gasteiger partial charge >= 0.3 is 5.97 Å². The molecule has 1 aromatic heterocycles. The fourth-order valence-corrected chi connectivity index (χ4v) is 3.48. The monoisotopic (exact) mass is 340 g/mol. The van der Waals surface area contributed by atoms with Crippen molar-refractivity contribution in [3.8, 4) is 16.5 Å². The van der Waals surface area contributed by atoms with E-state index in [1.165, 1.54) is 23.1 Å². The fourth-order valence-electron chi connectivity index (χ4n) is 2.53. The van der Waals surface area contributed by atoms with Crippen molar-refractivity contribution in [2.75, 3.05) is 31.2 Å². The van der Waals surface area contributed by atoms with Crippen molar-refractivity contribution < 1.29 is 14.6 Å². The Hall–Kier alpha value is -2.62. The predicted molar refractivity (Wildman–Crippen MR) is 94.0 cm³/mol. The third-order valence-electron chi connectivity index (χ3n) is 3.79. The Morgan fingerprint density at radius 3 is 2.54 bits per heavy atom. The minimum Gasteiger partial charge on any atom is -0.477 e. The highest BCUT2D eigenvalue weighted by molar-refractivity contribution is 7.16. The molecule has 0 saturated carbocycles. The largest absolute Gasteiger partial charge is 0.477 e. The quantitative estimate of drug-likeness (QED) is 0.683. The van der Waals surface area contributed by atoms with Crippen LogP contribution in [0.1, 0.15) is 4.88 Å². The summed E-state index contributed by atoms with van der Waals surface area (Å²) in [6.07, 6.45) is 1.40. The van der Waals surface area contributed by atoms with E-state index in [2.05, 4.69) is 29.2 Å². The van der Waals surface area contributed by atoms with Gasteiger partial charge in [-0.1, -0.05) is 12.1 Å². The van der Waals surface area contributed by atoms with Crippen LogP contribution in [0.4, 0.5) is 5.69 Å². The fraction of sp³-hybridized carbons (Fsp3) is 0.222. The first-order valence-electron chi connectivity index (χ1n) is 7.55. The van der Waals surface area contributed by atoms with E-state index in [1.807, 2.05) is 12.1 Å². The van der Waals surface area contributed by atoms with Crippen molar-refractivity contribution in [2.24, 2.45) is 0 Å². The summed E-state index contributed by atoms with van der Waals surface area (Å²) in [6.45, 7) is 3.32. The molecule has 0 spiro atoms. The molecule has 122 valence electrons. The number of hydrogen-bond acceptors (Lipinski definition) is 5. The van der Waals surface area contributed by atoms with Gasteiger partial charge in [-0.2, -0.15) is 5.26 Å². The SMILES string of the molecule is N#C/C(=C\c1ccc(-c2ccc(N3CCOCC3)cc2)s1)C(=O)O. The van der Waals surface area contributed by atoms with Crippen molar-refractivity contribution >= 4 is 29.1 Å². The molecule has 1 aliphatic heterocycles. The third-order valence-corrected chi connectivity index (χ3v) is 4.87. The number of rotatable bonds is 4. The lowest BCUT2D eigenvalue weighted by Crippen LogP contribution is -2.36. The highest BCUT2D eigenvalue weighted by Crippen LogP contribution is 2.31. The number of carboxylic acids is 1. The van der Waals surface area contributed by atoms with E-state index in [4.69, 9.17) is 15.1 Å². The Balaban J connectivity index is 1.78. The van der Waals surface area contributed by atoms with E-state index in [0.717, 1.165) is 41.6 Å². The Kier molecular flexibility index (Phi) is 4.94. The van der Waals surface area contributed by atoms with Gasteiger partial charge in [-0.05, 0) is 35.9 Å². The molecule has 5 nitrogen and oxygen atoms in total. The van der Waals surface area contributed by atoms with Crippen LogP contribution in [0, 0.1) is 11.3 Å². The van der Waals surface area contributed by atoms with Crippen LogP contribution in [0.25, 0.3) is 16.5 Å². The zero-order chi connectivity index (χ0) is 16.9. The van der Waals surface area contributed by atoms with Crippen LogP contribution in [-0.4, -0.2) is 37.4 Å². The molecule has 0 amide bonds. The molecule has 1 fully saturated rings. The van der Waals surface area contributed by atoms with E-state index < -0.39 is 5.97 Å². The number of nitriles is 1. The second kappa shape index (κ2) is 7.30. The van der Waals surface area contributed by atoms with Crippen molar-refractivity contribution in [1.82, 2.24) is 0 Å². The van der Waals surface area contributed by atoms with Crippen LogP contribution in [0.3, 0.4) is 0 Å². The molecule has 24 heavy (non-hydrogen) atoms. The molecule has 0 aliphatic carbocycles. The van der Waals surface area contributed by atoms with E-state index >= 15 is 0 Å². The third kappa shape index (κ3) is 3.65. The standard InChI is InChI=1S/C18H16N2O3S/c19-12-14(18(21)22)11-16-5-6-17(24-16)13-1-3-15(4-2-13)20-7-9-23-10-8-20/h1-6,11H,7-10H2,(H,21,22)/b14-11+. The highest BCUT2D eigenvalue weighted by atomic mass is 32.1. The lowest BCUT2D eigenvalue weighted by Gasteiger charge is -2.28. The molecule has 0 atom stereocenters. The number of nitrogens with zero attached hydrogens (tertiary/aromatic N) is 2. The molecular weight excluding hydrogens is 324 g/mol. The number of ether oxygens (including phenoxy) is 1. The van der Waals surface area contributed by atoms with E-state index in [1.54, 1.807) is 6.07 Å². The van der Waals surface area contributed by atoms with Crippen molar-refractivity contribution in [3.63, 3.8) is 0 Å². The first-order chi connectivity index (χ1) is 11.7. The number of carboxylic acid groups (broad SMARTS) is 1. The Bertz CT molecular complexity index is 796. The second-order valence-electron chi connectivity index (χ2n) is 5.32. The average Bonchev–Trinajstić information content (AvgIpc) is 3.09. The van der Waals surface area contributed by atoms with Crippen LogP contribution < -0.4 is 4.90 Å². The average molecular weight is 340 g/mol. The molecular formula is C18H16N2O3S. The summed E-state index contributed by atoms with van der Waals surface area (Å²) >= 11 is 1.46. The molecule has 3 rings (SSSR count). The summed E-state index contributed by atoms with van der Waals surface area (Å²) in [5.41, 5.74) is 1.99. The summed E-state index contributed by atoms with van der Waals surface area (Å²) in [5, 5.41) is 17.7. The first-order valence-corrected chi connectivity index (χ1v) is 8.37. The number of carbonyl (C=O) groups is 1. The van der Waals surface area contributed by atoms with Crippen molar-refractivity contribution in [2.45, 2.75) is 0 Å². The first kappa shape index (κ1) is 16.2. The molecule has 1 N–H and O–H groups in total. The summed E-state index contributed by atoms with van der Waals surface area (Å²) < 4.78 is 5.36. The summed E-state index contributed by atoms with van der Waals surface area (Å²) in [6, 6.07) is 13.8. The highest BCUT2D eigenvalue weighted by Gasteiger charge is 2.12. The zero-order valence-electron chi connectivity index (χ0n) is 12.9. The van der Waals surface area contributed by atoms with Crippen molar-refractivity contribution in [3.05, 3.63) is 46.8 Å². The van der Waals surface area contributed by atoms with E-state index in [-0.39, 0.29) is 5.57 Å². The Morgan fingerprint density at radius 2 is 1.92 bits per heavy atom. The topological polar surface area (TPSA) is 73.6 Å². The van der Waals surface area contributed by atoms with Crippen LogP contribution in [0.2, 0.25) is 0 Å². The maximum atomic E-state index is 10.9. The van der Waals surface area contributed by atoms with Gasteiger partial charge in [0, 0.05) is 28.5 Å². The molecule has 1 saturated heterocycles. The Morgan fingerprint density at radius 1 is 1.21 bits per heavy atom. The number of benzene rings is 1. The van der Waals surface area contributed by atoms with Gasteiger partial charge in [0.1, 0.15) is 11.6 Å². The zero-order valence-corrected chi connectivity index (χ0v) is 13.8. The van der Waals surface area contributed by atoms with E-state index in [9.17, 15) is 4.79 Å². The predicted octanol–water partition coefficient (Wildman–Crippen LogP) is 3.24. The van der Waals surface area contributed by atoms with Gasteiger partial charge in [0.2, 0.25) is 0 Å². The van der Waals surface area contributed by atoms with Gasteiger partial charge < -0.3 is 14.7 Å². The van der Waals surface area contributed by atoms with Gasteiger partial charge in [-0.25, -0.2) is 4.79 Å². The maximum Gasteiger partial charge on any atom is 0.346 e. The number of thiophene rings is 1. The van der Waals surface area contributed by atoms with Gasteiger partial charge in [0.25, 0.3) is 0 Å². The van der Waals surface area contributed by atoms with Gasteiger partial charge in [-0.3, -0.25) is 0 Å².